The van der Waals surface area contributed by atoms with Crippen molar-refractivity contribution in [1.29, 1.82) is 0 Å². The highest BCUT2D eigenvalue weighted by atomic mass is 16.2. The summed E-state index contributed by atoms with van der Waals surface area (Å²) >= 11 is 0. The summed E-state index contributed by atoms with van der Waals surface area (Å²) in [7, 11) is 0. The third kappa shape index (κ3) is 2.94. The lowest BCUT2D eigenvalue weighted by molar-refractivity contribution is -0.130. The number of rotatable bonds is 2. The summed E-state index contributed by atoms with van der Waals surface area (Å²) in [5.74, 6) is 1.17. The molecule has 3 nitrogen and oxygen atoms in total. The third-order valence-corrected chi connectivity index (χ3v) is 3.81. The molecule has 1 saturated carbocycles. The van der Waals surface area contributed by atoms with Crippen molar-refractivity contribution in [2.24, 2.45) is 5.92 Å². The van der Waals surface area contributed by atoms with Gasteiger partial charge in [0.2, 0.25) is 5.91 Å². The third-order valence-electron chi connectivity index (χ3n) is 3.81. The highest BCUT2D eigenvalue weighted by Crippen LogP contribution is 2.25. The van der Waals surface area contributed by atoms with Crippen LogP contribution in [-0.2, 0) is 4.79 Å². The van der Waals surface area contributed by atoms with Gasteiger partial charge in [-0.05, 0) is 18.8 Å². The molecule has 0 spiro atoms. The van der Waals surface area contributed by atoms with E-state index in [1.54, 1.807) is 6.92 Å². The summed E-state index contributed by atoms with van der Waals surface area (Å²) in [5.41, 5.74) is 0. The van der Waals surface area contributed by atoms with Gasteiger partial charge < -0.3 is 4.90 Å². The molecule has 2 fully saturated rings. The van der Waals surface area contributed by atoms with Crippen molar-refractivity contribution in [3.05, 3.63) is 0 Å². The molecule has 0 atom stereocenters. The van der Waals surface area contributed by atoms with Gasteiger partial charge >= 0.3 is 0 Å². The molecule has 1 aliphatic heterocycles. The molecule has 1 heterocycles. The number of carbonyl (C=O) groups excluding carboxylic acids is 1. The van der Waals surface area contributed by atoms with Crippen molar-refractivity contribution < 1.29 is 4.79 Å². The highest BCUT2D eigenvalue weighted by Gasteiger charge is 2.22. The van der Waals surface area contributed by atoms with Crippen LogP contribution < -0.4 is 0 Å². The van der Waals surface area contributed by atoms with E-state index >= 15 is 0 Å². The van der Waals surface area contributed by atoms with Gasteiger partial charge in [-0.25, -0.2) is 0 Å². The number of carbonyl (C=O) groups is 1. The summed E-state index contributed by atoms with van der Waals surface area (Å²) in [6, 6.07) is 0. The Balaban J connectivity index is 1.71. The number of nitrogens with zero attached hydrogens (tertiary/aromatic N) is 2. The van der Waals surface area contributed by atoms with Gasteiger partial charge in [-0.2, -0.15) is 0 Å². The number of piperazine rings is 1. The molecule has 0 aromatic rings. The first-order valence-corrected chi connectivity index (χ1v) is 6.23. The summed E-state index contributed by atoms with van der Waals surface area (Å²) in [6.07, 6.45) is 5.70. The van der Waals surface area contributed by atoms with Crippen LogP contribution in [0.2, 0.25) is 0 Å². The van der Waals surface area contributed by atoms with Gasteiger partial charge in [0.15, 0.2) is 0 Å². The van der Waals surface area contributed by atoms with E-state index in [0.717, 1.165) is 32.1 Å². The van der Waals surface area contributed by atoms with E-state index < -0.39 is 0 Å². The minimum absolute atomic E-state index is 0.232. The smallest absolute Gasteiger partial charge is 0.219 e. The number of hydrogen-bond acceptors (Lipinski definition) is 2. The predicted octanol–water partition coefficient (Wildman–Crippen LogP) is 1.34. The number of amides is 1. The molecule has 3 heteroatoms. The molecular formula is C12H22N2O. The average molecular weight is 210 g/mol. The molecule has 0 radical (unpaired) electrons. The quantitative estimate of drug-likeness (QED) is 0.686. The molecule has 15 heavy (non-hydrogen) atoms. The summed E-state index contributed by atoms with van der Waals surface area (Å²) < 4.78 is 0. The Kier molecular flexibility index (Phi) is 3.62. The maximum Gasteiger partial charge on any atom is 0.219 e. The first kappa shape index (κ1) is 10.9. The van der Waals surface area contributed by atoms with Crippen molar-refractivity contribution in [3.8, 4) is 0 Å². The van der Waals surface area contributed by atoms with Crippen molar-refractivity contribution in [2.75, 3.05) is 32.7 Å². The molecule has 1 saturated heterocycles. The molecule has 2 rings (SSSR count). The van der Waals surface area contributed by atoms with E-state index in [1.165, 1.54) is 32.2 Å². The van der Waals surface area contributed by atoms with Gasteiger partial charge in [0.1, 0.15) is 0 Å². The summed E-state index contributed by atoms with van der Waals surface area (Å²) in [6.45, 7) is 6.97. The maximum atomic E-state index is 11.2. The van der Waals surface area contributed by atoms with E-state index in [4.69, 9.17) is 0 Å². The van der Waals surface area contributed by atoms with Crippen LogP contribution in [0.25, 0.3) is 0 Å². The summed E-state index contributed by atoms with van der Waals surface area (Å²) in [5, 5.41) is 0. The van der Waals surface area contributed by atoms with Crippen LogP contribution in [0.4, 0.5) is 0 Å². The van der Waals surface area contributed by atoms with E-state index in [1.807, 2.05) is 4.90 Å². The predicted molar refractivity (Wildman–Crippen MR) is 60.7 cm³/mol. The largest absolute Gasteiger partial charge is 0.340 e. The van der Waals surface area contributed by atoms with Crippen LogP contribution in [0.15, 0.2) is 0 Å². The minimum Gasteiger partial charge on any atom is -0.340 e. The molecule has 0 aromatic carbocycles. The topological polar surface area (TPSA) is 23.6 Å². The lowest BCUT2D eigenvalue weighted by Crippen LogP contribution is -2.49. The Hall–Kier alpha value is -0.570. The second-order valence-electron chi connectivity index (χ2n) is 4.96. The SMILES string of the molecule is CC(=O)N1CCN(CC2CCCC2)CC1. The van der Waals surface area contributed by atoms with E-state index in [0.29, 0.717) is 0 Å². The van der Waals surface area contributed by atoms with Crippen molar-refractivity contribution >= 4 is 5.91 Å². The fraction of sp³-hybridized carbons (Fsp3) is 0.917. The number of hydrogen-bond donors (Lipinski definition) is 0. The minimum atomic E-state index is 0.232. The zero-order chi connectivity index (χ0) is 10.7. The second kappa shape index (κ2) is 4.97. The molecular weight excluding hydrogens is 188 g/mol. The molecule has 0 aromatic heterocycles. The average Bonchev–Trinajstić information content (AvgIpc) is 2.71. The first-order chi connectivity index (χ1) is 7.25. The Morgan fingerprint density at radius 3 is 2.27 bits per heavy atom. The highest BCUT2D eigenvalue weighted by molar-refractivity contribution is 5.73. The Morgan fingerprint density at radius 2 is 1.73 bits per heavy atom. The van der Waals surface area contributed by atoms with Crippen molar-refractivity contribution in [2.45, 2.75) is 32.6 Å². The molecule has 2 aliphatic rings. The summed E-state index contributed by atoms with van der Waals surface area (Å²) in [4.78, 5) is 15.7. The molecule has 0 N–H and O–H groups in total. The van der Waals surface area contributed by atoms with Gasteiger partial charge in [0, 0.05) is 39.6 Å². The molecule has 86 valence electrons. The normalized spacial score (nSPS) is 24.7. The van der Waals surface area contributed by atoms with Crippen LogP contribution in [0.1, 0.15) is 32.6 Å². The van der Waals surface area contributed by atoms with Crippen molar-refractivity contribution in [3.63, 3.8) is 0 Å². The van der Waals surface area contributed by atoms with Crippen LogP contribution in [0.3, 0.4) is 0 Å². The van der Waals surface area contributed by atoms with E-state index in [9.17, 15) is 4.79 Å². The van der Waals surface area contributed by atoms with Crippen LogP contribution >= 0.6 is 0 Å². The van der Waals surface area contributed by atoms with E-state index in [2.05, 4.69) is 4.90 Å². The molecule has 0 unspecified atom stereocenters. The van der Waals surface area contributed by atoms with Gasteiger partial charge in [-0.15, -0.1) is 0 Å². The van der Waals surface area contributed by atoms with Gasteiger partial charge in [-0.1, -0.05) is 12.8 Å². The van der Waals surface area contributed by atoms with Crippen LogP contribution in [0, 0.1) is 5.92 Å². The van der Waals surface area contributed by atoms with Gasteiger partial charge in [0.05, 0.1) is 0 Å². The van der Waals surface area contributed by atoms with Gasteiger partial charge in [0.25, 0.3) is 0 Å². The Labute approximate surface area is 92.4 Å². The fourth-order valence-corrected chi connectivity index (χ4v) is 2.80. The lowest BCUT2D eigenvalue weighted by atomic mass is 10.1. The zero-order valence-electron chi connectivity index (χ0n) is 9.74. The molecule has 1 amide bonds. The fourth-order valence-electron chi connectivity index (χ4n) is 2.80. The molecule has 1 aliphatic carbocycles. The Morgan fingerprint density at radius 1 is 1.13 bits per heavy atom. The zero-order valence-corrected chi connectivity index (χ0v) is 9.74. The van der Waals surface area contributed by atoms with E-state index in [-0.39, 0.29) is 5.91 Å². The first-order valence-electron chi connectivity index (χ1n) is 6.23. The standard InChI is InChI=1S/C12H22N2O/c1-11(15)14-8-6-13(7-9-14)10-12-4-2-3-5-12/h12H,2-10H2,1H3. The maximum absolute atomic E-state index is 11.2. The molecule has 0 bridgehead atoms. The van der Waals surface area contributed by atoms with Crippen LogP contribution in [-0.4, -0.2) is 48.4 Å². The van der Waals surface area contributed by atoms with Gasteiger partial charge in [-0.3, -0.25) is 9.69 Å². The van der Waals surface area contributed by atoms with Crippen LogP contribution in [0.5, 0.6) is 0 Å². The Bertz CT molecular complexity index is 216. The van der Waals surface area contributed by atoms with Crippen molar-refractivity contribution in [1.82, 2.24) is 9.80 Å². The second-order valence-corrected chi connectivity index (χ2v) is 4.96. The monoisotopic (exact) mass is 210 g/mol. The lowest BCUT2D eigenvalue weighted by Gasteiger charge is -2.35.